The number of hydrogen-bond acceptors (Lipinski definition) is 4. The third kappa shape index (κ3) is 6.04. The summed E-state index contributed by atoms with van der Waals surface area (Å²) >= 11 is 0. The molecule has 3 aromatic carbocycles. The zero-order valence-corrected chi connectivity index (χ0v) is 22.1. The second-order valence-corrected chi connectivity index (χ2v) is 9.53. The highest BCUT2D eigenvalue weighted by Crippen LogP contribution is 2.35. The van der Waals surface area contributed by atoms with E-state index in [1.54, 1.807) is 26.0 Å². The van der Waals surface area contributed by atoms with Crippen molar-refractivity contribution in [1.29, 1.82) is 0 Å². The fourth-order valence-corrected chi connectivity index (χ4v) is 4.74. The van der Waals surface area contributed by atoms with E-state index >= 15 is 0 Å². The van der Waals surface area contributed by atoms with Gasteiger partial charge in [0.2, 0.25) is 5.82 Å². The number of rotatable bonds is 9. The molecular formula is C31H29F5O4. The van der Waals surface area contributed by atoms with Gasteiger partial charge in [0.25, 0.3) is 0 Å². The molecule has 0 fully saturated rings. The summed E-state index contributed by atoms with van der Waals surface area (Å²) in [5.74, 6) is -7.05. The quantitative estimate of drug-likeness (QED) is 0.212. The number of aliphatic hydroxyl groups excluding tert-OH is 1. The van der Waals surface area contributed by atoms with Crippen LogP contribution in [0.2, 0.25) is 0 Å². The number of ether oxygens (including phenoxy) is 2. The third-order valence-electron chi connectivity index (χ3n) is 6.87. The zero-order valence-electron chi connectivity index (χ0n) is 22.1. The summed E-state index contributed by atoms with van der Waals surface area (Å²) in [6.07, 6.45) is 1.83. The summed E-state index contributed by atoms with van der Waals surface area (Å²) in [4.78, 5) is 12.5. The summed E-state index contributed by atoms with van der Waals surface area (Å²) in [6.45, 7) is 3.59. The standard InChI is InChI=1S/C31H29F5O4/c1-3-5-25(37)22-12-13-23(29(35)28(22)34)31(38)40-19-9-6-17(7-10-19)18-8-11-20(24(32)16-18)21-14-15-26(39-4-2)30(36)27(21)33/h6,8,11-16,19,25,37H,3-5,7,9-10H2,1-2H3. The fraction of sp³-hybridized carbons (Fsp3) is 0.323. The van der Waals surface area contributed by atoms with Gasteiger partial charge in [0, 0.05) is 23.1 Å². The molecule has 4 nitrogen and oxygen atoms in total. The van der Waals surface area contributed by atoms with Crippen molar-refractivity contribution in [2.45, 2.75) is 58.2 Å². The minimum atomic E-state index is -1.37. The number of benzene rings is 3. The Bertz CT molecular complexity index is 1440. The highest BCUT2D eigenvalue weighted by Gasteiger charge is 2.26. The summed E-state index contributed by atoms with van der Waals surface area (Å²) in [5.41, 5.74) is 0.194. The Morgan fingerprint density at radius 3 is 2.35 bits per heavy atom. The molecule has 3 aromatic rings. The molecule has 1 aliphatic rings. The van der Waals surface area contributed by atoms with Crippen LogP contribution >= 0.6 is 0 Å². The number of carbonyl (C=O) groups is 1. The number of halogens is 5. The molecule has 1 aliphatic carbocycles. The Balaban J connectivity index is 1.44. The molecule has 1 N–H and O–H groups in total. The summed E-state index contributed by atoms with van der Waals surface area (Å²) in [5, 5.41) is 9.99. The van der Waals surface area contributed by atoms with E-state index in [0.29, 0.717) is 24.8 Å². The first-order valence-corrected chi connectivity index (χ1v) is 13.1. The monoisotopic (exact) mass is 560 g/mol. The van der Waals surface area contributed by atoms with Gasteiger partial charge in [-0.1, -0.05) is 37.6 Å². The van der Waals surface area contributed by atoms with Crippen LogP contribution in [0, 0.1) is 29.1 Å². The molecule has 40 heavy (non-hydrogen) atoms. The predicted molar refractivity (Wildman–Crippen MR) is 140 cm³/mol. The maximum absolute atomic E-state index is 15.0. The van der Waals surface area contributed by atoms with Crippen LogP contribution in [-0.4, -0.2) is 23.8 Å². The normalized spacial score (nSPS) is 15.9. The molecule has 2 atom stereocenters. The van der Waals surface area contributed by atoms with Crippen molar-refractivity contribution in [1.82, 2.24) is 0 Å². The van der Waals surface area contributed by atoms with Gasteiger partial charge in [-0.15, -0.1) is 0 Å². The largest absolute Gasteiger partial charge is 0.491 e. The number of allylic oxidation sites excluding steroid dienone is 1. The van der Waals surface area contributed by atoms with E-state index < -0.39 is 52.8 Å². The Hall–Kier alpha value is -3.72. The first-order valence-electron chi connectivity index (χ1n) is 13.1. The number of carbonyl (C=O) groups excluding carboxylic acids is 1. The molecule has 4 rings (SSSR count). The Labute approximate surface area is 229 Å². The van der Waals surface area contributed by atoms with Gasteiger partial charge in [0.15, 0.2) is 23.2 Å². The third-order valence-corrected chi connectivity index (χ3v) is 6.87. The maximum Gasteiger partial charge on any atom is 0.341 e. The van der Waals surface area contributed by atoms with Crippen molar-refractivity contribution in [2.24, 2.45) is 0 Å². The average Bonchev–Trinajstić information content (AvgIpc) is 2.93. The van der Waals surface area contributed by atoms with Gasteiger partial charge in [-0.3, -0.25) is 0 Å². The number of hydrogen-bond donors (Lipinski definition) is 1. The Kier molecular flexibility index (Phi) is 9.25. The van der Waals surface area contributed by atoms with Crippen molar-refractivity contribution >= 4 is 11.5 Å². The molecular weight excluding hydrogens is 531 g/mol. The summed E-state index contributed by atoms with van der Waals surface area (Å²) in [6, 6.07) is 8.98. The lowest BCUT2D eigenvalue weighted by Crippen LogP contribution is -2.21. The number of esters is 1. The second kappa shape index (κ2) is 12.6. The first-order chi connectivity index (χ1) is 19.2. The Morgan fingerprint density at radius 2 is 1.70 bits per heavy atom. The topological polar surface area (TPSA) is 55.8 Å². The van der Waals surface area contributed by atoms with Gasteiger partial charge in [0.05, 0.1) is 18.3 Å². The first kappa shape index (κ1) is 29.3. The van der Waals surface area contributed by atoms with E-state index in [4.69, 9.17) is 9.47 Å². The molecule has 0 amide bonds. The molecule has 2 unspecified atom stereocenters. The molecule has 0 heterocycles. The van der Waals surface area contributed by atoms with Crippen molar-refractivity contribution in [3.05, 3.63) is 94.3 Å². The van der Waals surface area contributed by atoms with E-state index in [2.05, 4.69) is 0 Å². The summed E-state index contributed by atoms with van der Waals surface area (Å²) in [7, 11) is 0. The van der Waals surface area contributed by atoms with Crippen molar-refractivity contribution in [3.8, 4) is 16.9 Å². The molecule has 0 bridgehead atoms. The summed E-state index contributed by atoms with van der Waals surface area (Å²) < 4.78 is 83.3. The van der Waals surface area contributed by atoms with E-state index in [1.807, 2.05) is 0 Å². The van der Waals surface area contributed by atoms with Gasteiger partial charge in [-0.05, 0) is 61.6 Å². The molecule has 0 saturated carbocycles. The molecule has 0 spiro atoms. The van der Waals surface area contributed by atoms with Crippen LogP contribution in [0.1, 0.15) is 73.5 Å². The minimum Gasteiger partial charge on any atom is -0.491 e. The van der Waals surface area contributed by atoms with Gasteiger partial charge in [-0.25, -0.2) is 22.4 Å². The van der Waals surface area contributed by atoms with Gasteiger partial charge < -0.3 is 14.6 Å². The lowest BCUT2D eigenvalue weighted by Gasteiger charge is -2.23. The highest BCUT2D eigenvalue weighted by molar-refractivity contribution is 5.90. The van der Waals surface area contributed by atoms with E-state index in [1.165, 1.54) is 30.3 Å². The molecule has 0 aromatic heterocycles. The lowest BCUT2D eigenvalue weighted by atomic mass is 9.90. The zero-order chi connectivity index (χ0) is 29.0. The van der Waals surface area contributed by atoms with Crippen LogP contribution in [0.3, 0.4) is 0 Å². The molecule has 0 radical (unpaired) electrons. The molecule has 9 heteroatoms. The van der Waals surface area contributed by atoms with Crippen LogP contribution in [0.4, 0.5) is 22.0 Å². The van der Waals surface area contributed by atoms with Gasteiger partial charge in [0.1, 0.15) is 11.9 Å². The van der Waals surface area contributed by atoms with Crippen LogP contribution < -0.4 is 4.74 Å². The minimum absolute atomic E-state index is 0.103. The van der Waals surface area contributed by atoms with Crippen molar-refractivity contribution in [3.63, 3.8) is 0 Å². The second-order valence-electron chi connectivity index (χ2n) is 9.53. The van der Waals surface area contributed by atoms with Crippen molar-refractivity contribution in [2.75, 3.05) is 6.61 Å². The SMILES string of the molecule is CCCC(O)c1ccc(C(=O)OC2CC=C(c3ccc(-c4ccc(OCC)c(F)c4F)c(F)c3)CC2)c(F)c1F. The predicted octanol–water partition coefficient (Wildman–Crippen LogP) is 8.07. The van der Waals surface area contributed by atoms with E-state index in [0.717, 1.165) is 11.6 Å². The number of aliphatic hydroxyl groups is 1. The molecule has 0 aliphatic heterocycles. The lowest BCUT2D eigenvalue weighted by molar-refractivity contribution is 0.0278. The van der Waals surface area contributed by atoms with Gasteiger partial charge in [-0.2, -0.15) is 4.39 Å². The van der Waals surface area contributed by atoms with E-state index in [-0.39, 0.29) is 41.9 Å². The smallest absolute Gasteiger partial charge is 0.341 e. The van der Waals surface area contributed by atoms with Crippen LogP contribution in [-0.2, 0) is 4.74 Å². The molecule has 0 saturated heterocycles. The average molecular weight is 561 g/mol. The van der Waals surface area contributed by atoms with Crippen LogP contribution in [0.25, 0.3) is 16.7 Å². The van der Waals surface area contributed by atoms with Crippen LogP contribution in [0.5, 0.6) is 5.75 Å². The molecule has 212 valence electrons. The maximum atomic E-state index is 15.0. The van der Waals surface area contributed by atoms with Crippen LogP contribution in [0.15, 0.2) is 48.5 Å². The van der Waals surface area contributed by atoms with Crippen molar-refractivity contribution < 1.29 is 41.3 Å². The Morgan fingerprint density at radius 1 is 0.950 bits per heavy atom. The van der Waals surface area contributed by atoms with E-state index in [9.17, 15) is 31.9 Å². The fourth-order valence-electron chi connectivity index (χ4n) is 4.74. The van der Waals surface area contributed by atoms with Gasteiger partial charge >= 0.3 is 5.97 Å². The highest BCUT2D eigenvalue weighted by atomic mass is 19.2.